The van der Waals surface area contributed by atoms with E-state index in [2.05, 4.69) is 5.32 Å². The molecule has 164 valence electrons. The lowest BCUT2D eigenvalue weighted by Gasteiger charge is -2.30. The van der Waals surface area contributed by atoms with Crippen molar-refractivity contribution in [2.75, 3.05) is 23.7 Å². The molecule has 0 bridgehead atoms. The Bertz CT molecular complexity index is 1140. The maximum Gasteiger partial charge on any atom is 0.244 e. The minimum absolute atomic E-state index is 0.247. The Labute approximate surface area is 187 Å². The second kappa shape index (κ2) is 10.0. The van der Waals surface area contributed by atoms with Gasteiger partial charge in [0.25, 0.3) is 0 Å². The monoisotopic (exact) mass is 460 g/mol. The molecular weight excluding hydrogens is 436 g/mol. The van der Waals surface area contributed by atoms with Gasteiger partial charge in [-0.05, 0) is 42.1 Å². The molecule has 3 aromatic rings. The normalized spacial score (nSPS) is 12.4. The summed E-state index contributed by atoms with van der Waals surface area (Å²) in [4.78, 5) is 12.8. The van der Waals surface area contributed by atoms with Gasteiger partial charge >= 0.3 is 0 Å². The van der Waals surface area contributed by atoms with Crippen LogP contribution in [-0.4, -0.2) is 39.8 Å². The molecule has 8 heteroatoms. The van der Waals surface area contributed by atoms with Crippen LogP contribution in [0, 0.1) is 0 Å². The summed E-state index contributed by atoms with van der Waals surface area (Å²) in [6.45, 7) is 2.28. The number of carbonyl (C=O) groups is 1. The molecule has 31 heavy (non-hydrogen) atoms. The number of rotatable bonds is 9. The van der Waals surface area contributed by atoms with Crippen LogP contribution in [0.15, 0.2) is 66.7 Å². The second-order valence-corrected chi connectivity index (χ2v) is 9.37. The number of hydrogen-bond donors (Lipinski definition) is 1. The SMILES string of the molecule is CC[C@@H](C(=O)NCCOc1cccc2ccccc12)N(c1ccc(Cl)cc1)S(C)(=O)=O. The lowest BCUT2D eigenvalue weighted by molar-refractivity contribution is -0.122. The standard InChI is InChI=1S/C23H25ClN2O4S/c1-3-21(26(31(2,28)29)19-13-11-18(24)12-14-19)23(27)25-15-16-30-22-10-6-8-17-7-4-5-9-20(17)22/h4-14,21H,3,15-16H2,1-2H3,(H,25,27)/t21-/m0/s1. The molecule has 6 nitrogen and oxygen atoms in total. The number of anilines is 1. The van der Waals surface area contributed by atoms with Gasteiger partial charge in [0.05, 0.1) is 18.5 Å². The van der Waals surface area contributed by atoms with Gasteiger partial charge in [0.2, 0.25) is 15.9 Å². The van der Waals surface area contributed by atoms with Gasteiger partial charge in [0, 0.05) is 10.4 Å². The number of amides is 1. The first kappa shape index (κ1) is 22.9. The first-order chi connectivity index (χ1) is 14.8. The Balaban J connectivity index is 1.66. The highest BCUT2D eigenvalue weighted by atomic mass is 35.5. The van der Waals surface area contributed by atoms with Gasteiger partial charge in [-0.25, -0.2) is 8.42 Å². The summed E-state index contributed by atoms with van der Waals surface area (Å²) in [7, 11) is -3.69. The third-order valence-electron chi connectivity index (χ3n) is 4.82. The number of halogens is 1. The van der Waals surface area contributed by atoms with Crippen LogP contribution < -0.4 is 14.4 Å². The van der Waals surface area contributed by atoms with Gasteiger partial charge in [-0.3, -0.25) is 9.10 Å². The zero-order valence-electron chi connectivity index (χ0n) is 17.4. The van der Waals surface area contributed by atoms with Crippen molar-refractivity contribution in [3.05, 3.63) is 71.8 Å². The maximum atomic E-state index is 12.8. The van der Waals surface area contributed by atoms with Crippen LogP contribution in [0.5, 0.6) is 5.75 Å². The van der Waals surface area contributed by atoms with E-state index >= 15 is 0 Å². The number of carbonyl (C=O) groups excluding carboxylic acids is 1. The molecule has 0 spiro atoms. The van der Waals surface area contributed by atoms with Crippen molar-refractivity contribution in [3.63, 3.8) is 0 Å². The summed E-state index contributed by atoms with van der Waals surface area (Å²) >= 11 is 5.92. The Morgan fingerprint density at radius 3 is 2.42 bits per heavy atom. The lowest BCUT2D eigenvalue weighted by atomic mass is 10.1. The number of sulfonamides is 1. The van der Waals surface area contributed by atoms with Crippen molar-refractivity contribution >= 4 is 44.0 Å². The molecule has 0 aliphatic heterocycles. The van der Waals surface area contributed by atoms with E-state index in [0.717, 1.165) is 27.1 Å². The minimum Gasteiger partial charge on any atom is -0.491 e. The average molecular weight is 461 g/mol. The number of ether oxygens (including phenoxy) is 1. The smallest absolute Gasteiger partial charge is 0.244 e. The molecule has 3 rings (SSSR count). The van der Waals surface area contributed by atoms with Crippen LogP contribution in [0.2, 0.25) is 5.02 Å². The third kappa shape index (κ3) is 5.68. The predicted molar refractivity (Wildman–Crippen MR) is 125 cm³/mol. The van der Waals surface area contributed by atoms with E-state index < -0.39 is 16.1 Å². The molecule has 3 aromatic carbocycles. The summed E-state index contributed by atoms with van der Waals surface area (Å²) in [5.74, 6) is 0.350. The van der Waals surface area contributed by atoms with Crippen molar-refractivity contribution in [2.45, 2.75) is 19.4 Å². The quantitative estimate of drug-likeness (QED) is 0.485. The summed E-state index contributed by atoms with van der Waals surface area (Å²) in [5.41, 5.74) is 0.390. The fourth-order valence-corrected chi connectivity index (χ4v) is 4.76. The van der Waals surface area contributed by atoms with Crippen LogP contribution in [0.25, 0.3) is 10.8 Å². The molecule has 0 aliphatic rings. The molecule has 0 heterocycles. The molecule has 0 saturated carbocycles. The second-order valence-electron chi connectivity index (χ2n) is 7.08. The topological polar surface area (TPSA) is 75.7 Å². The molecule has 1 atom stereocenters. The lowest BCUT2D eigenvalue weighted by Crippen LogP contribution is -2.50. The first-order valence-electron chi connectivity index (χ1n) is 9.94. The molecule has 1 amide bonds. The van der Waals surface area contributed by atoms with Crippen molar-refractivity contribution < 1.29 is 17.9 Å². The van der Waals surface area contributed by atoms with Crippen molar-refractivity contribution in [3.8, 4) is 5.75 Å². The van der Waals surface area contributed by atoms with E-state index in [-0.39, 0.29) is 19.1 Å². The number of hydrogen-bond acceptors (Lipinski definition) is 4. The number of nitrogens with one attached hydrogen (secondary N) is 1. The average Bonchev–Trinajstić information content (AvgIpc) is 2.75. The fraction of sp³-hybridized carbons (Fsp3) is 0.261. The third-order valence-corrected chi connectivity index (χ3v) is 6.25. The summed E-state index contributed by atoms with van der Waals surface area (Å²) in [6, 6.07) is 19.2. The molecule has 0 aromatic heterocycles. The molecule has 0 unspecified atom stereocenters. The van der Waals surface area contributed by atoms with Crippen LogP contribution in [-0.2, 0) is 14.8 Å². The van der Waals surface area contributed by atoms with Crippen LogP contribution in [0.1, 0.15) is 13.3 Å². The zero-order valence-corrected chi connectivity index (χ0v) is 19.0. The van der Waals surface area contributed by atoms with Crippen LogP contribution in [0.4, 0.5) is 5.69 Å². The molecule has 0 radical (unpaired) electrons. The molecule has 0 aliphatic carbocycles. The van der Waals surface area contributed by atoms with Crippen molar-refractivity contribution in [1.29, 1.82) is 0 Å². The van der Waals surface area contributed by atoms with E-state index in [1.165, 1.54) is 0 Å². The van der Waals surface area contributed by atoms with Gasteiger partial charge in [-0.2, -0.15) is 0 Å². The van der Waals surface area contributed by atoms with E-state index in [9.17, 15) is 13.2 Å². The summed E-state index contributed by atoms with van der Waals surface area (Å²) < 4.78 is 31.9. The maximum absolute atomic E-state index is 12.8. The molecule has 0 fully saturated rings. The molecule has 1 N–H and O–H groups in total. The highest BCUT2D eigenvalue weighted by molar-refractivity contribution is 7.92. The molecule has 0 saturated heterocycles. The zero-order chi connectivity index (χ0) is 22.4. The van der Waals surface area contributed by atoms with E-state index in [4.69, 9.17) is 16.3 Å². The van der Waals surface area contributed by atoms with Crippen LogP contribution >= 0.6 is 11.6 Å². The van der Waals surface area contributed by atoms with E-state index in [1.54, 1.807) is 31.2 Å². The van der Waals surface area contributed by atoms with Crippen molar-refractivity contribution in [1.82, 2.24) is 5.32 Å². The Hall–Kier alpha value is -2.77. The van der Waals surface area contributed by atoms with Crippen molar-refractivity contribution in [2.24, 2.45) is 0 Å². The Kier molecular flexibility index (Phi) is 7.41. The fourth-order valence-electron chi connectivity index (χ4n) is 3.42. The highest BCUT2D eigenvalue weighted by Crippen LogP contribution is 2.26. The highest BCUT2D eigenvalue weighted by Gasteiger charge is 2.31. The predicted octanol–water partition coefficient (Wildman–Crippen LogP) is 4.23. The summed E-state index contributed by atoms with van der Waals surface area (Å²) in [6.07, 6.45) is 1.40. The van der Waals surface area contributed by atoms with Gasteiger partial charge in [0.15, 0.2) is 0 Å². The first-order valence-corrected chi connectivity index (χ1v) is 12.2. The number of benzene rings is 3. The van der Waals surface area contributed by atoms with E-state index in [1.807, 2.05) is 42.5 Å². The largest absolute Gasteiger partial charge is 0.491 e. The van der Waals surface area contributed by atoms with E-state index in [0.29, 0.717) is 17.1 Å². The van der Waals surface area contributed by atoms with Gasteiger partial charge in [0.1, 0.15) is 18.4 Å². The van der Waals surface area contributed by atoms with Gasteiger partial charge in [-0.1, -0.05) is 54.9 Å². The number of fused-ring (bicyclic) bond motifs is 1. The number of nitrogens with zero attached hydrogens (tertiary/aromatic N) is 1. The van der Waals surface area contributed by atoms with Gasteiger partial charge in [-0.15, -0.1) is 0 Å². The van der Waals surface area contributed by atoms with Crippen LogP contribution in [0.3, 0.4) is 0 Å². The summed E-state index contributed by atoms with van der Waals surface area (Å²) in [5, 5.41) is 5.34. The van der Waals surface area contributed by atoms with Gasteiger partial charge < -0.3 is 10.1 Å². The molecular formula is C23H25ClN2O4S. The Morgan fingerprint density at radius 2 is 1.74 bits per heavy atom. The Morgan fingerprint density at radius 1 is 1.06 bits per heavy atom. The minimum atomic E-state index is -3.69.